The van der Waals surface area contributed by atoms with E-state index in [1.54, 1.807) is 6.92 Å². The number of unbranched alkanes of at least 4 members (excludes halogenated alkanes) is 20. The maximum absolute atomic E-state index is 12.3. The monoisotopic (exact) mass is 651 g/mol. The molecular formula is C33H66NO9P. The van der Waals surface area contributed by atoms with Crippen molar-refractivity contribution in [3.05, 3.63) is 0 Å². The molecule has 0 bridgehead atoms. The van der Waals surface area contributed by atoms with Gasteiger partial charge in [0.25, 0.3) is 0 Å². The molecule has 44 heavy (non-hydrogen) atoms. The molecule has 10 nitrogen and oxygen atoms in total. The largest absolute Gasteiger partial charge is 0.469 e. The van der Waals surface area contributed by atoms with Gasteiger partial charge in [-0.3, -0.25) is 14.1 Å². The van der Waals surface area contributed by atoms with Crippen molar-refractivity contribution >= 4 is 19.7 Å². The average molecular weight is 652 g/mol. The third-order valence-electron chi connectivity index (χ3n) is 7.52. The second-order valence-electron chi connectivity index (χ2n) is 12.0. The Labute approximate surface area is 268 Å². The van der Waals surface area contributed by atoms with Gasteiger partial charge in [0.2, 0.25) is 5.91 Å². The average Bonchev–Trinajstić information content (AvgIpc) is 2.97. The summed E-state index contributed by atoms with van der Waals surface area (Å²) in [5.74, 6) is -0.366. The van der Waals surface area contributed by atoms with Crippen LogP contribution in [0.25, 0.3) is 0 Å². The lowest BCUT2D eigenvalue weighted by atomic mass is 10.1. The molecule has 0 saturated carbocycles. The Bertz CT molecular complexity index is 705. The SMILES string of the molecule is CCCCCCCCCCCCCC(=O)O[C@@H](COCOCCCCCCCCCCCCCNC(C)=O)COP(=O)(O)O. The Hall–Kier alpha value is -1.03. The molecule has 0 aliphatic carbocycles. The second-order valence-corrected chi connectivity index (χ2v) is 13.2. The number of phosphoric ester groups is 1. The molecule has 0 aromatic heterocycles. The van der Waals surface area contributed by atoms with E-state index in [2.05, 4.69) is 16.8 Å². The van der Waals surface area contributed by atoms with E-state index < -0.39 is 26.5 Å². The fourth-order valence-electron chi connectivity index (χ4n) is 4.96. The number of carbonyl (C=O) groups excluding carboxylic acids is 2. The first-order chi connectivity index (χ1) is 21.2. The van der Waals surface area contributed by atoms with E-state index in [1.807, 2.05) is 0 Å². The minimum atomic E-state index is -4.68. The molecule has 0 aliphatic heterocycles. The van der Waals surface area contributed by atoms with E-state index in [-0.39, 0.29) is 25.7 Å². The van der Waals surface area contributed by atoms with Crippen LogP contribution in [-0.2, 0) is 32.9 Å². The Morgan fingerprint density at radius 3 is 1.64 bits per heavy atom. The van der Waals surface area contributed by atoms with E-state index in [1.165, 1.54) is 103 Å². The Kier molecular flexibility index (Phi) is 31.2. The van der Waals surface area contributed by atoms with Crippen molar-refractivity contribution in [1.29, 1.82) is 0 Å². The maximum atomic E-state index is 12.3. The van der Waals surface area contributed by atoms with E-state index in [0.29, 0.717) is 6.61 Å². The standard InChI is InChI=1S/C33H66NO9P/c1-3-4-5-6-7-8-10-13-16-19-22-25-33(36)43-32(29-42-44(37,38)39)28-41-30-40-27-24-21-18-15-12-9-11-14-17-20-23-26-34-31(2)35/h32H,3-30H2,1-2H3,(H,34,35)(H2,37,38,39)/t32-/m0/s1. The summed E-state index contributed by atoms with van der Waals surface area (Å²) < 4.78 is 32.0. The normalized spacial score (nSPS) is 12.4. The summed E-state index contributed by atoms with van der Waals surface area (Å²) in [7, 11) is -4.68. The second kappa shape index (κ2) is 31.9. The molecule has 0 spiro atoms. The van der Waals surface area contributed by atoms with E-state index in [9.17, 15) is 14.2 Å². The molecule has 0 aromatic rings. The van der Waals surface area contributed by atoms with Gasteiger partial charge in [0, 0.05) is 26.5 Å². The zero-order chi connectivity index (χ0) is 32.6. The highest BCUT2D eigenvalue weighted by Crippen LogP contribution is 2.35. The lowest BCUT2D eigenvalue weighted by Crippen LogP contribution is -2.28. The van der Waals surface area contributed by atoms with Crippen LogP contribution in [0.2, 0.25) is 0 Å². The van der Waals surface area contributed by atoms with Crippen molar-refractivity contribution in [2.24, 2.45) is 0 Å². The first-order valence-electron chi connectivity index (χ1n) is 17.5. The quantitative estimate of drug-likeness (QED) is 0.0272. The number of nitrogens with one attached hydrogen (secondary N) is 1. The molecule has 262 valence electrons. The lowest BCUT2D eigenvalue weighted by Gasteiger charge is -2.18. The minimum Gasteiger partial charge on any atom is -0.457 e. The van der Waals surface area contributed by atoms with Crippen LogP contribution in [0.1, 0.15) is 162 Å². The van der Waals surface area contributed by atoms with Crippen molar-refractivity contribution in [3.63, 3.8) is 0 Å². The molecular weight excluding hydrogens is 585 g/mol. The molecule has 0 aliphatic rings. The first kappa shape index (κ1) is 43.0. The van der Waals surface area contributed by atoms with Crippen molar-refractivity contribution in [2.45, 2.75) is 168 Å². The molecule has 0 radical (unpaired) electrons. The van der Waals surface area contributed by atoms with Gasteiger partial charge in [0.15, 0.2) is 0 Å². The highest BCUT2D eigenvalue weighted by atomic mass is 31.2. The van der Waals surface area contributed by atoms with Gasteiger partial charge in [-0.15, -0.1) is 0 Å². The zero-order valence-corrected chi connectivity index (χ0v) is 29.0. The molecule has 0 fully saturated rings. The van der Waals surface area contributed by atoms with Crippen LogP contribution < -0.4 is 5.32 Å². The summed E-state index contributed by atoms with van der Waals surface area (Å²) in [5, 5.41) is 2.83. The number of rotatable bonds is 34. The molecule has 1 atom stereocenters. The van der Waals surface area contributed by atoms with Gasteiger partial charge in [-0.25, -0.2) is 4.57 Å². The summed E-state index contributed by atoms with van der Waals surface area (Å²) >= 11 is 0. The molecule has 0 aromatic carbocycles. The molecule has 0 unspecified atom stereocenters. The molecule has 0 rings (SSSR count). The molecule has 0 saturated heterocycles. The van der Waals surface area contributed by atoms with E-state index in [0.717, 1.165) is 45.1 Å². The van der Waals surface area contributed by atoms with E-state index in [4.69, 9.17) is 24.0 Å². The van der Waals surface area contributed by atoms with Gasteiger partial charge in [0.05, 0.1) is 13.2 Å². The predicted octanol–water partition coefficient (Wildman–Crippen LogP) is 8.13. The number of amides is 1. The summed E-state index contributed by atoms with van der Waals surface area (Å²) in [6, 6.07) is 0. The van der Waals surface area contributed by atoms with Crippen LogP contribution in [0.15, 0.2) is 0 Å². The summed E-state index contributed by atoms with van der Waals surface area (Å²) in [6.45, 7) is 4.67. The number of hydrogen-bond donors (Lipinski definition) is 3. The van der Waals surface area contributed by atoms with Crippen LogP contribution >= 0.6 is 7.82 Å². The molecule has 11 heteroatoms. The third kappa shape index (κ3) is 35.4. The van der Waals surface area contributed by atoms with Gasteiger partial charge >= 0.3 is 13.8 Å². The Balaban J connectivity index is 3.77. The Morgan fingerprint density at radius 1 is 0.659 bits per heavy atom. The summed E-state index contributed by atoms with van der Waals surface area (Å²) in [4.78, 5) is 41.1. The zero-order valence-electron chi connectivity index (χ0n) is 28.1. The summed E-state index contributed by atoms with van der Waals surface area (Å²) in [6.07, 6.45) is 25.4. The van der Waals surface area contributed by atoms with Gasteiger partial charge in [-0.05, 0) is 19.3 Å². The topological polar surface area (TPSA) is 141 Å². The number of hydrogen-bond acceptors (Lipinski definition) is 7. The minimum absolute atomic E-state index is 0.0212. The van der Waals surface area contributed by atoms with Crippen molar-refractivity contribution in [1.82, 2.24) is 5.32 Å². The molecule has 0 heterocycles. The maximum Gasteiger partial charge on any atom is 0.469 e. The van der Waals surface area contributed by atoms with Crippen LogP contribution in [0.3, 0.4) is 0 Å². The van der Waals surface area contributed by atoms with Crippen molar-refractivity contribution in [3.8, 4) is 0 Å². The predicted molar refractivity (Wildman–Crippen MR) is 175 cm³/mol. The van der Waals surface area contributed by atoms with Crippen LogP contribution in [-0.4, -0.2) is 60.9 Å². The molecule has 3 N–H and O–H groups in total. The van der Waals surface area contributed by atoms with Gasteiger partial charge in [-0.1, -0.05) is 129 Å². The first-order valence-corrected chi connectivity index (χ1v) is 19.1. The van der Waals surface area contributed by atoms with Gasteiger partial charge in [0.1, 0.15) is 12.9 Å². The van der Waals surface area contributed by atoms with Crippen LogP contribution in [0.5, 0.6) is 0 Å². The fourth-order valence-corrected chi connectivity index (χ4v) is 5.32. The fraction of sp³-hybridized carbons (Fsp3) is 0.939. The smallest absolute Gasteiger partial charge is 0.457 e. The van der Waals surface area contributed by atoms with Crippen molar-refractivity contribution in [2.75, 3.05) is 33.2 Å². The highest BCUT2D eigenvalue weighted by Gasteiger charge is 2.21. The Morgan fingerprint density at radius 2 is 1.14 bits per heavy atom. The number of esters is 1. The lowest BCUT2D eigenvalue weighted by molar-refractivity contribution is -0.158. The van der Waals surface area contributed by atoms with Gasteiger partial charge in [-0.2, -0.15) is 0 Å². The summed E-state index contributed by atoms with van der Waals surface area (Å²) in [5.41, 5.74) is 0. The third-order valence-corrected chi connectivity index (χ3v) is 8.01. The highest BCUT2D eigenvalue weighted by molar-refractivity contribution is 7.46. The van der Waals surface area contributed by atoms with Gasteiger partial charge < -0.3 is 29.3 Å². The van der Waals surface area contributed by atoms with Crippen LogP contribution in [0, 0.1) is 0 Å². The number of phosphoric acid groups is 1. The number of carbonyl (C=O) groups is 2. The number of ether oxygens (including phenoxy) is 3. The van der Waals surface area contributed by atoms with Crippen LogP contribution in [0.4, 0.5) is 0 Å². The van der Waals surface area contributed by atoms with Crippen molar-refractivity contribution < 1.29 is 42.7 Å². The molecule has 1 amide bonds. The van der Waals surface area contributed by atoms with E-state index >= 15 is 0 Å².